The summed E-state index contributed by atoms with van der Waals surface area (Å²) in [5, 5.41) is 12.1. The lowest BCUT2D eigenvalue weighted by Gasteiger charge is -2.16. The number of aliphatic hydroxyl groups excluding tert-OH is 1. The molecule has 2 N–H and O–H groups in total. The zero-order valence-corrected chi connectivity index (χ0v) is 11.1. The molecule has 0 unspecified atom stereocenters. The summed E-state index contributed by atoms with van der Waals surface area (Å²) in [4.78, 5) is 12.0. The summed E-state index contributed by atoms with van der Waals surface area (Å²) in [7, 11) is 0. The second-order valence-electron chi connectivity index (χ2n) is 5.80. The lowest BCUT2D eigenvalue weighted by molar-refractivity contribution is -0.122. The van der Waals surface area contributed by atoms with Crippen LogP contribution in [0, 0.1) is 11.8 Å². The SMILES string of the molecule is O=C(CC1CCCCCC1)N[C@@H]1C=C[C@H](CO)C1. The number of carbonyl (C=O) groups excluding carboxylic acids is 1. The van der Waals surface area contributed by atoms with E-state index >= 15 is 0 Å². The summed E-state index contributed by atoms with van der Waals surface area (Å²) in [6.45, 7) is 0.186. The minimum atomic E-state index is 0.139. The topological polar surface area (TPSA) is 49.3 Å². The Morgan fingerprint density at radius 2 is 1.89 bits per heavy atom. The first kappa shape index (κ1) is 13.6. The Kier molecular flexibility index (Phi) is 5.24. The Morgan fingerprint density at radius 1 is 1.17 bits per heavy atom. The van der Waals surface area contributed by atoms with E-state index in [4.69, 9.17) is 5.11 Å². The Hall–Kier alpha value is -0.830. The third-order valence-corrected chi connectivity index (χ3v) is 4.20. The van der Waals surface area contributed by atoms with Crippen LogP contribution in [0.2, 0.25) is 0 Å². The van der Waals surface area contributed by atoms with Gasteiger partial charge in [-0.05, 0) is 25.2 Å². The molecule has 3 heteroatoms. The van der Waals surface area contributed by atoms with Crippen molar-refractivity contribution in [2.24, 2.45) is 11.8 Å². The van der Waals surface area contributed by atoms with Crippen molar-refractivity contribution in [2.75, 3.05) is 6.61 Å². The van der Waals surface area contributed by atoms with Crippen LogP contribution in [0.25, 0.3) is 0 Å². The first-order chi connectivity index (χ1) is 8.78. The second kappa shape index (κ2) is 6.93. The van der Waals surface area contributed by atoms with Gasteiger partial charge in [-0.1, -0.05) is 37.8 Å². The van der Waals surface area contributed by atoms with Crippen molar-refractivity contribution in [3.05, 3.63) is 12.2 Å². The van der Waals surface area contributed by atoms with E-state index in [1.165, 1.54) is 38.5 Å². The van der Waals surface area contributed by atoms with Gasteiger partial charge in [0.05, 0.1) is 0 Å². The summed E-state index contributed by atoms with van der Waals surface area (Å²) in [6.07, 6.45) is 13.2. The lowest BCUT2D eigenvalue weighted by Crippen LogP contribution is -2.34. The molecule has 2 atom stereocenters. The molecule has 2 rings (SSSR count). The number of carbonyl (C=O) groups is 1. The highest BCUT2D eigenvalue weighted by Gasteiger charge is 2.21. The predicted octanol–water partition coefficient (Wildman–Crippen LogP) is 2.40. The van der Waals surface area contributed by atoms with Crippen LogP contribution in [0.5, 0.6) is 0 Å². The van der Waals surface area contributed by atoms with Crippen molar-refractivity contribution < 1.29 is 9.90 Å². The first-order valence-corrected chi connectivity index (χ1v) is 7.36. The predicted molar refractivity (Wildman–Crippen MR) is 72.1 cm³/mol. The fraction of sp³-hybridized carbons (Fsp3) is 0.800. The summed E-state index contributed by atoms with van der Waals surface area (Å²) in [5.74, 6) is 1.01. The normalized spacial score (nSPS) is 29.2. The van der Waals surface area contributed by atoms with Gasteiger partial charge >= 0.3 is 0 Å². The van der Waals surface area contributed by atoms with Gasteiger partial charge < -0.3 is 10.4 Å². The van der Waals surface area contributed by atoms with E-state index < -0.39 is 0 Å². The van der Waals surface area contributed by atoms with Gasteiger partial charge in [0.2, 0.25) is 5.91 Å². The molecule has 1 saturated carbocycles. The lowest BCUT2D eigenvalue weighted by atomic mass is 9.96. The van der Waals surface area contributed by atoms with Crippen LogP contribution in [-0.4, -0.2) is 23.7 Å². The molecule has 1 amide bonds. The van der Waals surface area contributed by atoms with Crippen molar-refractivity contribution in [1.82, 2.24) is 5.32 Å². The van der Waals surface area contributed by atoms with Gasteiger partial charge in [-0.25, -0.2) is 0 Å². The van der Waals surface area contributed by atoms with E-state index in [0.29, 0.717) is 12.3 Å². The Balaban J connectivity index is 1.70. The molecule has 2 aliphatic carbocycles. The smallest absolute Gasteiger partial charge is 0.220 e. The molecule has 0 aliphatic heterocycles. The summed E-state index contributed by atoms with van der Waals surface area (Å²) < 4.78 is 0. The maximum Gasteiger partial charge on any atom is 0.220 e. The van der Waals surface area contributed by atoms with Crippen LogP contribution in [0.4, 0.5) is 0 Å². The van der Waals surface area contributed by atoms with Gasteiger partial charge in [0, 0.05) is 25.0 Å². The Bertz CT molecular complexity index is 293. The molecular weight excluding hydrogens is 226 g/mol. The third kappa shape index (κ3) is 4.13. The highest BCUT2D eigenvalue weighted by Crippen LogP contribution is 2.25. The highest BCUT2D eigenvalue weighted by molar-refractivity contribution is 5.76. The molecular formula is C15H25NO2. The first-order valence-electron chi connectivity index (χ1n) is 7.36. The molecule has 0 heterocycles. The minimum absolute atomic E-state index is 0.139. The minimum Gasteiger partial charge on any atom is -0.396 e. The van der Waals surface area contributed by atoms with Crippen LogP contribution >= 0.6 is 0 Å². The van der Waals surface area contributed by atoms with Gasteiger partial charge in [0.15, 0.2) is 0 Å². The van der Waals surface area contributed by atoms with Gasteiger partial charge in [0.25, 0.3) is 0 Å². The quantitative estimate of drug-likeness (QED) is 0.595. The van der Waals surface area contributed by atoms with E-state index in [9.17, 15) is 4.79 Å². The molecule has 0 aromatic rings. The van der Waals surface area contributed by atoms with E-state index in [1.807, 2.05) is 12.2 Å². The van der Waals surface area contributed by atoms with Crippen molar-refractivity contribution >= 4 is 5.91 Å². The molecule has 0 spiro atoms. The van der Waals surface area contributed by atoms with Crippen molar-refractivity contribution in [3.63, 3.8) is 0 Å². The van der Waals surface area contributed by atoms with Gasteiger partial charge in [-0.15, -0.1) is 0 Å². The van der Waals surface area contributed by atoms with Crippen LogP contribution < -0.4 is 5.32 Å². The highest BCUT2D eigenvalue weighted by atomic mass is 16.3. The van der Waals surface area contributed by atoms with Crippen molar-refractivity contribution in [1.29, 1.82) is 0 Å². The van der Waals surface area contributed by atoms with E-state index in [0.717, 1.165) is 6.42 Å². The number of amides is 1. The Morgan fingerprint density at radius 3 is 2.50 bits per heavy atom. The van der Waals surface area contributed by atoms with E-state index in [-0.39, 0.29) is 24.5 Å². The fourth-order valence-electron chi connectivity index (χ4n) is 3.11. The molecule has 0 aromatic carbocycles. The fourth-order valence-corrected chi connectivity index (χ4v) is 3.11. The Labute approximate surface area is 110 Å². The average molecular weight is 251 g/mol. The molecule has 18 heavy (non-hydrogen) atoms. The molecule has 0 saturated heterocycles. The second-order valence-corrected chi connectivity index (χ2v) is 5.80. The number of rotatable bonds is 4. The van der Waals surface area contributed by atoms with E-state index in [2.05, 4.69) is 5.32 Å². The molecule has 0 aromatic heterocycles. The van der Waals surface area contributed by atoms with E-state index in [1.54, 1.807) is 0 Å². The average Bonchev–Trinajstić information content (AvgIpc) is 2.65. The summed E-state index contributed by atoms with van der Waals surface area (Å²) >= 11 is 0. The monoisotopic (exact) mass is 251 g/mol. The molecule has 0 bridgehead atoms. The summed E-state index contributed by atoms with van der Waals surface area (Å²) in [6, 6.07) is 0.139. The van der Waals surface area contributed by atoms with Gasteiger partial charge in [-0.3, -0.25) is 4.79 Å². The zero-order chi connectivity index (χ0) is 12.8. The number of nitrogens with one attached hydrogen (secondary N) is 1. The molecule has 102 valence electrons. The largest absolute Gasteiger partial charge is 0.396 e. The van der Waals surface area contributed by atoms with Crippen LogP contribution in [0.15, 0.2) is 12.2 Å². The van der Waals surface area contributed by atoms with Crippen molar-refractivity contribution in [2.45, 2.75) is 57.4 Å². The van der Waals surface area contributed by atoms with Crippen LogP contribution in [0.1, 0.15) is 51.4 Å². The molecule has 0 radical (unpaired) electrons. The van der Waals surface area contributed by atoms with Crippen molar-refractivity contribution in [3.8, 4) is 0 Å². The molecule has 3 nitrogen and oxygen atoms in total. The number of hydrogen-bond acceptors (Lipinski definition) is 2. The van der Waals surface area contributed by atoms with Gasteiger partial charge in [0.1, 0.15) is 0 Å². The zero-order valence-electron chi connectivity index (χ0n) is 11.1. The third-order valence-electron chi connectivity index (χ3n) is 4.20. The maximum absolute atomic E-state index is 12.0. The number of hydrogen-bond donors (Lipinski definition) is 2. The van der Waals surface area contributed by atoms with Crippen LogP contribution in [0.3, 0.4) is 0 Å². The molecule has 1 fully saturated rings. The molecule has 2 aliphatic rings. The number of aliphatic hydroxyl groups is 1. The maximum atomic E-state index is 12.0. The standard InChI is InChI=1S/C15H25NO2/c17-11-13-7-8-14(9-13)16-15(18)10-12-5-3-1-2-4-6-12/h7-8,12-14,17H,1-6,9-11H2,(H,16,18)/t13-,14+/m0/s1. The van der Waals surface area contributed by atoms with Gasteiger partial charge in [-0.2, -0.15) is 0 Å². The summed E-state index contributed by atoms with van der Waals surface area (Å²) in [5.41, 5.74) is 0. The van der Waals surface area contributed by atoms with Crippen LogP contribution in [-0.2, 0) is 4.79 Å².